The molecule has 0 bridgehead atoms. The smallest absolute Gasteiger partial charge is 0.244 e. The van der Waals surface area contributed by atoms with Crippen LogP contribution in [0.2, 0.25) is 0 Å². The van der Waals surface area contributed by atoms with Gasteiger partial charge in [0.25, 0.3) is 0 Å². The Morgan fingerprint density at radius 3 is 2.70 bits per heavy atom. The van der Waals surface area contributed by atoms with Crippen LogP contribution in [0, 0.1) is 0 Å². The highest BCUT2D eigenvalue weighted by Crippen LogP contribution is 2.25. The summed E-state index contributed by atoms with van der Waals surface area (Å²) < 4.78 is 27.0. The fourth-order valence-corrected chi connectivity index (χ4v) is 3.96. The Hall–Kier alpha value is -1.44. The Labute approximate surface area is 122 Å². The molecule has 0 aliphatic rings. The Morgan fingerprint density at radius 2 is 2.10 bits per heavy atom. The van der Waals surface area contributed by atoms with Crippen LogP contribution in [0.1, 0.15) is 29.8 Å². The minimum absolute atomic E-state index is 0.126. The van der Waals surface area contributed by atoms with Crippen LogP contribution in [0.5, 0.6) is 5.75 Å². The first kappa shape index (κ1) is 15.0. The number of aromatic hydroxyl groups is 1. The molecule has 2 rings (SSSR count). The Morgan fingerprint density at radius 1 is 1.40 bits per heavy atom. The van der Waals surface area contributed by atoms with Gasteiger partial charge in [-0.05, 0) is 25.5 Å². The van der Waals surface area contributed by atoms with Gasteiger partial charge in [0.15, 0.2) is 0 Å². The molecule has 0 fully saturated rings. The van der Waals surface area contributed by atoms with Crippen molar-refractivity contribution >= 4 is 21.4 Å². The maximum absolute atomic E-state index is 12.2. The minimum atomic E-state index is -3.77. The minimum Gasteiger partial charge on any atom is -0.507 e. The summed E-state index contributed by atoms with van der Waals surface area (Å²) in [6, 6.07) is 5.41. The van der Waals surface area contributed by atoms with Crippen LogP contribution < -0.4 is 4.72 Å². The molecular weight excluding hydrogens is 296 g/mol. The predicted octanol–water partition coefficient (Wildman–Crippen LogP) is 2.45. The molecule has 0 amide bonds. The molecule has 0 saturated heterocycles. The van der Waals surface area contributed by atoms with E-state index in [1.807, 2.05) is 6.92 Å². The van der Waals surface area contributed by atoms with Gasteiger partial charge in [-0.2, -0.15) is 0 Å². The van der Waals surface area contributed by atoms with Crippen molar-refractivity contribution in [3.63, 3.8) is 0 Å². The lowest BCUT2D eigenvalue weighted by atomic mass is 10.3. The van der Waals surface area contributed by atoms with Crippen LogP contribution in [0.3, 0.4) is 0 Å². The SMILES string of the molecule is CCc1cnc(C(C)NS(=O)(=O)c2ccccc2O)s1. The maximum Gasteiger partial charge on any atom is 0.244 e. The van der Waals surface area contributed by atoms with Crippen LogP contribution in [0.15, 0.2) is 35.4 Å². The van der Waals surface area contributed by atoms with Crippen LogP contribution in [0.25, 0.3) is 0 Å². The zero-order valence-electron chi connectivity index (χ0n) is 11.2. The fourth-order valence-electron chi connectivity index (χ4n) is 1.72. The summed E-state index contributed by atoms with van der Waals surface area (Å²) in [4.78, 5) is 5.20. The highest BCUT2D eigenvalue weighted by molar-refractivity contribution is 7.89. The van der Waals surface area contributed by atoms with E-state index in [0.717, 1.165) is 11.3 Å². The first-order chi connectivity index (χ1) is 9.44. The van der Waals surface area contributed by atoms with Crippen molar-refractivity contribution in [1.29, 1.82) is 0 Å². The molecule has 0 radical (unpaired) electrons. The zero-order valence-corrected chi connectivity index (χ0v) is 12.8. The number of para-hydroxylation sites is 1. The summed E-state index contributed by atoms with van der Waals surface area (Å²) in [5.74, 6) is -0.263. The second-order valence-corrected chi connectivity index (χ2v) is 7.16. The van der Waals surface area contributed by atoms with E-state index in [2.05, 4.69) is 9.71 Å². The number of benzene rings is 1. The van der Waals surface area contributed by atoms with Crippen molar-refractivity contribution in [1.82, 2.24) is 9.71 Å². The standard InChI is InChI=1S/C13H16N2O3S2/c1-3-10-8-14-13(19-10)9(2)15-20(17,18)12-7-5-4-6-11(12)16/h4-9,15-16H,3H2,1-2H3. The van der Waals surface area contributed by atoms with Gasteiger partial charge in [0.2, 0.25) is 10.0 Å². The van der Waals surface area contributed by atoms with Crippen molar-refractivity contribution in [3.05, 3.63) is 40.3 Å². The molecule has 2 aromatic rings. The average Bonchev–Trinajstić information content (AvgIpc) is 2.87. The highest BCUT2D eigenvalue weighted by Gasteiger charge is 2.22. The molecule has 20 heavy (non-hydrogen) atoms. The molecule has 1 unspecified atom stereocenters. The van der Waals surface area contributed by atoms with Crippen LogP contribution >= 0.6 is 11.3 Å². The van der Waals surface area contributed by atoms with Crippen molar-refractivity contribution in [3.8, 4) is 5.75 Å². The van der Waals surface area contributed by atoms with E-state index >= 15 is 0 Å². The number of aromatic nitrogens is 1. The summed E-state index contributed by atoms with van der Waals surface area (Å²) in [7, 11) is -3.77. The third kappa shape index (κ3) is 3.17. The van der Waals surface area contributed by atoms with Gasteiger partial charge in [-0.1, -0.05) is 19.1 Å². The zero-order chi connectivity index (χ0) is 14.8. The van der Waals surface area contributed by atoms with E-state index in [0.29, 0.717) is 5.01 Å². The number of aryl methyl sites for hydroxylation is 1. The Kier molecular flexibility index (Phi) is 4.42. The van der Waals surface area contributed by atoms with Gasteiger partial charge in [-0.15, -0.1) is 11.3 Å². The summed E-state index contributed by atoms with van der Waals surface area (Å²) >= 11 is 1.48. The molecule has 0 spiro atoms. The predicted molar refractivity (Wildman–Crippen MR) is 78.3 cm³/mol. The van der Waals surface area contributed by atoms with E-state index in [4.69, 9.17) is 0 Å². The quantitative estimate of drug-likeness (QED) is 0.889. The lowest BCUT2D eigenvalue weighted by molar-refractivity contribution is 0.457. The molecule has 7 heteroatoms. The summed E-state index contributed by atoms with van der Waals surface area (Å²) in [6.45, 7) is 3.75. The van der Waals surface area contributed by atoms with Gasteiger partial charge in [-0.3, -0.25) is 0 Å². The largest absolute Gasteiger partial charge is 0.507 e. The molecule has 1 aromatic carbocycles. The monoisotopic (exact) mass is 312 g/mol. The van der Waals surface area contributed by atoms with Gasteiger partial charge in [0.1, 0.15) is 15.7 Å². The molecule has 0 saturated carbocycles. The van der Waals surface area contributed by atoms with Crippen molar-refractivity contribution < 1.29 is 13.5 Å². The third-order valence-electron chi connectivity index (χ3n) is 2.78. The number of rotatable bonds is 5. The highest BCUT2D eigenvalue weighted by atomic mass is 32.2. The van der Waals surface area contributed by atoms with Gasteiger partial charge in [0, 0.05) is 11.1 Å². The fraction of sp³-hybridized carbons (Fsp3) is 0.308. The first-order valence-electron chi connectivity index (χ1n) is 6.19. The van der Waals surface area contributed by atoms with E-state index in [1.54, 1.807) is 25.3 Å². The van der Waals surface area contributed by atoms with E-state index in [9.17, 15) is 13.5 Å². The van der Waals surface area contributed by atoms with E-state index in [1.165, 1.54) is 23.5 Å². The van der Waals surface area contributed by atoms with E-state index in [-0.39, 0.29) is 10.6 Å². The first-order valence-corrected chi connectivity index (χ1v) is 8.49. The number of hydrogen-bond donors (Lipinski definition) is 2. The Bertz CT molecular complexity index is 695. The second kappa shape index (κ2) is 5.90. The summed E-state index contributed by atoms with van der Waals surface area (Å²) in [6.07, 6.45) is 2.63. The number of phenols is 1. The van der Waals surface area contributed by atoms with Crippen molar-refractivity contribution in [2.24, 2.45) is 0 Å². The molecule has 0 aliphatic heterocycles. The number of sulfonamides is 1. The lowest BCUT2D eigenvalue weighted by Gasteiger charge is -2.12. The van der Waals surface area contributed by atoms with Crippen molar-refractivity contribution in [2.75, 3.05) is 0 Å². The lowest BCUT2D eigenvalue weighted by Crippen LogP contribution is -2.26. The molecule has 0 aliphatic carbocycles. The van der Waals surface area contributed by atoms with Crippen LogP contribution in [0.4, 0.5) is 0 Å². The van der Waals surface area contributed by atoms with Gasteiger partial charge in [-0.25, -0.2) is 18.1 Å². The molecule has 2 N–H and O–H groups in total. The molecular formula is C13H16N2O3S2. The third-order valence-corrected chi connectivity index (χ3v) is 5.69. The Balaban J connectivity index is 2.22. The molecule has 108 valence electrons. The number of nitrogens with zero attached hydrogens (tertiary/aromatic N) is 1. The second-order valence-electron chi connectivity index (χ2n) is 4.33. The topological polar surface area (TPSA) is 79.3 Å². The van der Waals surface area contributed by atoms with Gasteiger partial charge >= 0.3 is 0 Å². The molecule has 1 aromatic heterocycles. The number of thiazole rings is 1. The van der Waals surface area contributed by atoms with Gasteiger partial charge < -0.3 is 5.11 Å². The number of hydrogen-bond acceptors (Lipinski definition) is 5. The van der Waals surface area contributed by atoms with Crippen LogP contribution in [-0.4, -0.2) is 18.5 Å². The molecule has 1 heterocycles. The summed E-state index contributed by atoms with van der Waals surface area (Å²) in [5.41, 5.74) is 0. The number of phenolic OH excluding ortho intramolecular Hbond substituents is 1. The van der Waals surface area contributed by atoms with Crippen molar-refractivity contribution in [2.45, 2.75) is 31.2 Å². The molecule has 5 nitrogen and oxygen atoms in total. The average molecular weight is 312 g/mol. The number of nitrogens with one attached hydrogen (secondary N) is 1. The van der Waals surface area contributed by atoms with E-state index < -0.39 is 16.1 Å². The summed E-state index contributed by atoms with van der Waals surface area (Å²) in [5, 5.41) is 10.3. The van der Waals surface area contributed by atoms with Crippen LogP contribution in [-0.2, 0) is 16.4 Å². The maximum atomic E-state index is 12.2. The molecule has 1 atom stereocenters. The van der Waals surface area contributed by atoms with Gasteiger partial charge in [0.05, 0.1) is 6.04 Å². The normalized spacial score (nSPS) is 13.3.